The summed E-state index contributed by atoms with van der Waals surface area (Å²) in [6, 6.07) is 13.2. The lowest BCUT2D eigenvalue weighted by atomic mass is 10.2. The van der Waals surface area contributed by atoms with Gasteiger partial charge in [-0.05, 0) is 36.4 Å². The van der Waals surface area contributed by atoms with Crippen molar-refractivity contribution in [2.45, 2.75) is 6.61 Å². The predicted octanol–water partition coefficient (Wildman–Crippen LogP) is 3.62. The summed E-state index contributed by atoms with van der Waals surface area (Å²) in [5.74, 6) is 1.56. The van der Waals surface area contributed by atoms with E-state index >= 15 is 0 Å². The van der Waals surface area contributed by atoms with E-state index in [1.165, 1.54) is 0 Å². The molecule has 0 aliphatic carbocycles. The monoisotopic (exact) mass is 307 g/mol. The third kappa shape index (κ3) is 3.17. The van der Waals surface area contributed by atoms with Crippen molar-refractivity contribution < 1.29 is 9.47 Å². The van der Waals surface area contributed by atoms with Crippen molar-refractivity contribution in [1.29, 1.82) is 0 Å². The highest BCUT2D eigenvalue weighted by molar-refractivity contribution is 9.10. The van der Waals surface area contributed by atoms with Gasteiger partial charge in [0.25, 0.3) is 0 Å². The minimum Gasteiger partial charge on any atom is -0.496 e. The van der Waals surface area contributed by atoms with E-state index in [-0.39, 0.29) is 0 Å². The van der Waals surface area contributed by atoms with Crippen molar-refractivity contribution in [3.05, 3.63) is 52.5 Å². The molecule has 2 aromatic rings. The molecule has 0 fully saturated rings. The van der Waals surface area contributed by atoms with Crippen molar-refractivity contribution in [2.75, 3.05) is 12.8 Å². The second-order valence-corrected chi connectivity index (χ2v) is 4.73. The van der Waals surface area contributed by atoms with Crippen LogP contribution in [-0.2, 0) is 6.61 Å². The van der Waals surface area contributed by atoms with Gasteiger partial charge in [-0.25, -0.2) is 0 Å². The molecular formula is C14H14BrNO2. The van der Waals surface area contributed by atoms with E-state index in [0.717, 1.165) is 21.5 Å². The highest BCUT2D eigenvalue weighted by Gasteiger charge is 2.04. The molecule has 0 saturated heterocycles. The molecule has 0 aliphatic heterocycles. The van der Waals surface area contributed by atoms with Crippen LogP contribution in [0.2, 0.25) is 0 Å². The average molecular weight is 308 g/mol. The number of nitrogens with two attached hydrogens (primary N) is 1. The molecule has 18 heavy (non-hydrogen) atoms. The Morgan fingerprint density at radius 3 is 2.50 bits per heavy atom. The van der Waals surface area contributed by atoms with Crippen LogP contribution in [0.3, 0.4) is 0 Å². The number of nitrogen functional groups attached to an aromatic ring is 1. The molecule has 0 saturated carbocycles. The number of methoxy groups -OCH3 is 1. The van der Waals surface area contributed by atoms with Gasteiger partial charge in [-0.1, -0.05) is 15.9 Å². The Balaban J connectivity index is 2.08. The van der Waals surface area contributed by atoms with Gasteiger partial charge in [-0.2, -0.15) is 0 Å². The van der Waals surface area contributed by atoms with Crippen molar-refractivity contribution in [3.8, 4) is 11.5 Å². The van der Waals surface area contributed by atoms with Crippen molar-refractivity contribution >= 4 is 21.6 Å². The molecule has 0 aromatic heterocycles. The highest BCUT2D eigenvalue weighted by atomic mass is 79.9. The van der Waals surface area contributed by atoms with E-state index in [2.05, 4.69) is 15.9 Å². The van der Waals surface area contributed by atoms with Gasteiger partial charge in [-0.15, -0.1) is 0 Å². The van der Waals surface area contributed by atoms with Crippen LogP contribution >= 0.6 is 15.9 Å². The van der Waals surface area contributed by atoms with Crippen LogP contribution in [0.1, 0.15) is 5.56 Å². The van der Waals surface area contributed by atoms with E-state index in [0.29, 0.717) is 12.3 Å². The fourth-order valence-electron chi connectivity index (χ4n) is 1.57. The Hall–Kier alpha value is -1.68. The first-order valence-electron chi connectivity index (χ1n) is 5.50. The van der Waals surface area contributed by atoms with Crippen LogP contribution in [0.5, 0.6) is 11.5 Å². The van der Waals surface area contributed by atoms with Crippen LogP contribution in [0.15, 0.2) is 46.9 Å². The lowest BCUT2D eigenvalue weighted by Crippen LogP contribution is -1.99. The summed E-state index contributed by atoms with van der Waals surface area (Å²) in [4.78, 5) is 0. The molecule has 3 nitrogen and oxygen atoms in total. The maximum atomic E-state index is 5.70. The molecule has 94 valence electrons. The first kappa shape index (κ1) is 12.8. The fourth-order valence-corrected chi connectivity index (χ4v) is 1.84. The van der Waals surface area contributed by atoms with Gasteiger partial charge in [0.2, 0.25) is 0 Å². The number of ether oxygens (including phenoxy) is 2. The molecule has 0 atom stereocenters. The van der Waals surface area contributed by atoms with Crippen LogP contribution < -0.4 is 15.2 Å². The maximum Gasteiger partial charge on any atom is 0.127 e. The summed E-state index contributed by atoms with van der Waals surface area (Å²) in [5.41, 5.74) is 7.35. The van der Waals surface area contributed by atoms with Crippen molar-refractivity contribution in [1.82, 2.24) is 0 Å². The second-order valence-electron chi connectivity index (χ2n) is 3.81. The topological polar surface area (TPSA) is 44.5 Å². The number of benzene rings is 2. The van der Waals surface area contributed by atoms with Gasteiger partial charge in [0.15, 0.2) is 0 Å². The number of halogens is 1. The molecule has 0 aliphatic rings. The Bertz CT molecular complexity index is 526. The number of hydrogen-bond acceptors (Lipinski definition) is 3. The third-order valence-corrected chi connectivity index (χ3v) is 3.05. The first-order valence-corrected chi connectivity index (χ1v) is 6.29. The van der Waals surface area contributed by atoms with Crippen molar-refractivity contribution in [3.63, 3.8) is 0 Å². The lowest BCUT2D eigenvalue weighted by molar-refractivity contribution is 0.296. The Kier molecular flexibility index (Phi) is 4.10. The van der Waals surface area contributed by atoms with Crippen LogP contribution in [0, 0.1) is 0 Å². The number of anilines is 1. The normalized spacial score (nSPS) is 10.1. The Morgan fingerprint density at radius 1 is 1.11 bits per heavy atom. The zero-order chi connectivity index (χ0) is 13.0. The summed E-state index contributed by atoms with van der Waals surface area (Å²) in [5, 5.41) is 0. The molecule has 4 heteroatoms. The SMILES string of the molecule is COc1cc(N)ccc1COc1ccc(Br)cc1. The summed E-state index contributed by atoms with van der Waals surface area (Å²) in [6.07, 6.45) is 0. The van der Waals surface area contributed by atoms with Gasteiger partial charge >= 0.3 is 0 Å². The van der Waals surface area contributed by atoms with Gasteiger partial charge < -0.3 is 15.2 Å². The molecule has 2 rings (SSSR count). The van der Waals surface area contributed by atoms with Gasteiger partial charge in [0.05, 0.1) is 7.11 Å². The zero-order valence-corrected chi connectivity index (χ0v) is 11.6. The predicted molar refractivity (Wildman–Crippen MR) is 75.9 cm³/mol. The fraction of sp³-hybridized carbons (Fsp3) is 0.143. The number of hydrogen-bond donors (Lipinski definition) is 1. The van der Waals surface area contributed by atoms with Crippen LogP contribution in [0.25, 0.3) is 0 Å². The minimum atomic E-state index is 0.449. The number of rotatable bonds is 4. The first-order chi connectivity index (χ1) is 8.69. The van der Waals surface area contributed by atoms with E-state index in [4.69, 9.17) is 15.2 Å². The Morgan fingerprint density at radius 2 is 1.83 bits per heavy atom. The molecule has 0 amide bonds. The quantitative estimate of drug-likeness (QED) is 0.877. The smallest absolute Gasteiger partial charge is 0.127 e. The molecule has 2 N–H and O–H groups in total. The Labute approximate surface area is 115 Å². The van der Waals surface area contributed by atoms with E-state index < -0.39 is 0 Å². The van der Waals surface area contributed by atoms with Crippen molar-refractivity contribution in [2.24, 2.45) is 0 Å². The zero-order valence-electron chi connectivity index (χ0n) is 10.0. The molecule has 0 radical (unpaired) electrons. The summed E-state index contributed by atoms with van der Waals surface area (Å²) < 4.78 is 12.0. The largest absolute Gasteiger partial charge is 0.496 e. The lowest BCUT2D eigenvalue weighted by Gasteiger charge is -2.11. The van der Waals surface area contributed by atoms with E-state index in [1.54, 1.807) is 13.2 Å². The summed E-state index contributed by atoms with van der Waals surface area (Å²) in [7, 11) is 1.62. The molecule has 0 bridgehead atoms. The summed E-state index contributed by atoms with van der Waals surface area (Å²) in [6.45, 7) is 0.449. The average Bonchev–Trinajstić information content (AvgIpc) is 2.39. The van der Waals surface area contributed by atoms with E-state index in [1.807, 2.05) is 36.4 Å². The third-order valence-electron chi connectivity index (χ3n) is 2.52. The highest BCUT2D eigenvalue weighted by Crippen LogP contribution is 2.24. The molecule has 0 heterocycles. The van der Waals surface area contributed by atoms with Crippen LogP contribution in [-0.4, -0.2) is 7.11 Å². The maximum absolute atomic E-state index is 5.70. The van der Waals surface area contributed by atoms with Gasteiger partial charge in [-0.3, -0.25) is 0 Å². The standard InChI is InChI=1S/C14H14BrNO2/c1-17-14-8-12(16)5-2-10(14)9-18-13-6-3-11(15)4-7-13/h2-8H,9,16H2,1H3. The molecule has 2 aromatic carbocycles. The summed E-state index contributed by atoms with van der Waals surface area (Å²) >= 11 is 3.38. The second kappa shape index (κ2) is 5.78. The molecular weight excluding hydrogens is 294 g/mol. The molecule has 0 spiro atoms. The molecule has 0 unspecified atom stereocenters. The van der Waals surface area contributed by atoms with Crippen LogP contribution in [0.4, 0.5) is 5.69 Å². The van der Waals surface area contributed by atoms with Gasteiger partial charge in [0.1, 0.15) is 18.1 Å². The minimum absolute atomic E-state index is 0.449. The van der Waals surface area contributed by atoms with E-state index in [9.17, 15) is 0 Å². The van der Waals surface area contributed by atoms with Gasteiger partial charge in [0, 0.05) is 21.8 Å².